The number of nitrogens with zero attached hydrogens (tertiary/aromatic N) is 1. The number of morpholine rings is 1. The molecule has 2 rings (SSSR count). The van der Waals surface area contributed by atoms with E-state index in [-0.39, 0.29) is 18.1 Å². The number of hydrogen-bond donors (Lipinski definition) is 1. The lowest BCUT2D eigenvalue weighted by Gasteiger charge is -2.29. The maximum absolute atomic E-state index is 11.8. The second-order valence-corrected chi connectivity index (χ2v) is 5.46. The fourth-order valence-corrected chi connectivity index (χ4v) is 3.20. The lowest BCUT2D eigenvalue weighted by atomic mass is 10.1. The van der Waals surface area contributed by atoms with Gasteiger partial charge in [-0.25, -0.2) is 4.79 Å². The summed E-state index contributed by atoms with van der Waals surface area (Å²) in [6.45, 7) is 0.716. The Morgan fingerprint density at radius 2 is 2.11 bits per heavy atom. The Morgan fingerprint density at radius 3 is 2.72 bits per heavy atom. The molecule has 96 valence electrons. The van der Waals surface area contributed by atoms with Gasteiger partial charge in [0.15, 0.2) is 0 Å². The van der Waals surface area contributed by atoms with Crippen LogP contribution in [0.1, 0.15) is 10.4 Å². The average molecular weight is 379 g/mol. The van der Waals surface area contributed by atoms with Gasteiger partial charge < -0.3 is 14.7 Å². The van der Waals surface area contributed by atoms with Crippen LogP contribution in [0.2, 0.25) is 0 Å². The number of anilines is 1. The van der Waals surface area contributed by atoms with Crippen molar-refractivity contribution in [2.24, 2.45) is 0 Å². The second-order valence-electron chi connectivity index (χ2n) is 3.69. The van der Waals surface area contributed by atoms with Gasteiger partial charge in [0, 0.05) is 15.5 Å². The maximum Gasteiger partial charge on any atom is 0.337 e. The zero-order valence-electron chi connectivity index (χ0n) is 9.15. The molecule has 1 aliphatic rings. The number of halogens is 2. The van der Waals surface area contributed by atoms with Gasteiger partial charge in [-0.1, -0.05) is 15.9 Å². The van der Waals surface area contributed by atoms with Crippen LogP contribution in [0.3, 0.4) is 0 Å². The average Bonchev–Trinajstić information content (AvgIpc) is 2.29. The minimum atomic E-state index is -1.08. The topological polar surface area (TPSA) is 66.8 Å². The zero-order chi connectivity index (χ0) is 13.3. The van der Waals surface area contributed by atoms with Gasteiger partial charge in [0.05, 0.1) is 17.9 Å². The SMILES string of the molecule is O=C(O)c1cc(Br)cc(Br)c1N1CCOCC1=O. The molecule has 1 saturated heterocycles. The van der Waals surface area contributed by atoms with Gasteiger partial charge >= 0.3 is 5.97 Å². The minimum Gasteiger partial charge on any atom is -0.478 e. The van der Waals surface area contributed by atoms with Crippen LogP contribution in [0.4, 0.5) is 5.69 Å². The Hall–Kier alpha value is -0.920. The number of ether oxygens (including phenoxy) is 1. The van der Waals surface area contributed by atoms with Crippen molar-refractivity contribution in [1.82, 2.24) is 0 Å². The number of aromatic carboxylic acids is 1. The van der Waals surface area contributed by atoms with Crippen molar-refractivity contribution in [3.8, 4) is 0 Å². The van der Waals surface area contributed by atoms with Crippen LogP contribution in [-0.4, -0.2) is 36.7 Å². The summed E-state index contributed by atoms with van der Waals surface area (Å²) in [5.41, 5.74) is 0.450. The summed E-state index contributed by atoms with van der Waals surface area (Å²) >= 11 is 6.53. The molecular weight excluding hydrogens is 370 g/mol. The normalized spacial score (nSPS) is 15.9. The Labute approximate surface area is 120 Å². The number of rotatable bonds is 2. The minimum absolute atomic E-state index is 0.0262. The highest BCUT2D eigenvalue weighted by atomic mass is 79.9. The molecule has 1 N–H and O–H groups in total. The third-order valence-corrected chi connectivity index (χ3v) is 3.58. The molecular formula is C11H9Br2NO4. The van der Waals surface area contributed by atoms with Gasteiger partial charge in [0.1, 0.15) is 6.61 Å². The summed E-state index contributed by atoms with van der Waals surface area (Å²) in [6.07, 6.45) is 0. The lowest BCUT2D eigenvalue weighted by Crippen LogP contribution is -2.42. The van der Waals surface area contributed by atoms with Crippen molar-refractivity contribution in [1.29, 1.82) is 0 Å². The largest absolute Gasteiger partial charge is 0.478 e. The van der Waals surface area contributed by atoms with Crippen molar-refractivity contribution in [2.75, 3.05) is 24.7 Å². The number of hydrogen-bond acceptors (Lipinski definition) is 3. The molecule has 1 aliphatic heterocycles. The van der Waals surface area contributed by atoms with Crippen LogP contribution in [0.25, 0.3) is 0 Å². The molecule has 0 aromatic heterocycles. The molecule has 0 saturated carbocycles. The molecule has 1 amide bonds. The van der Waals surface area contributed by atoms with Crippen LogP contribution < -0.4 is 4.90 Å². The number of benzene rings is 1. The summed E-state index contributed by atoms with van der Waals surface area (Å²) in [5.74, 6) is -1.32. The Kier molecular flexibility index (Phi) is 4.04. The Morgan fingerprint density at radius 1 is 1.39 bits per heavy atom. The standard InChI is InChI=1S/C11H9Br2NO4/c12-6-3-7(11(16)17)10(8(13)4-6)14-1-2-18-5-9(14)15/h3-4H,1-2,5H2,(H,16,17). The van der Waals surface area contributed by atoms with Gasteiger partial charge in [-0.2, -0.15) is 0 Å². The van der Waals surface area contributed by atoms with Gasteiger partial charge in [-0.05, 0) is 28.1 Å². The molecule has 0 bridgehead atoms. The van der Waals surface area contributed by atoms with E-state index in [0.29, 0.717) is 27.8 Å². The zero-order valence-corrected chi connectivity index (χ0v) is 12.3. The fourth-order valence-electron chi connectivity index (χ4n) is 1.76. The molecule has 5 nitrogen and oxygen atoms in total. The molecule has 7 heteroatoms. The predicted octanol–water partition coefficient (Wildman–Crippen LogP) is 2.27. The molecule has 1 aromatic carbocycles. The number of carboxylic acids is 1. The molecule has 0 aliphatic carbocycles. The van der Waals surface area contributed by atoms with E-state index in [4.69, 9.17) is 4.74 Å². The summed E-state index contributed by atoms with van der Waals surface area (Å²) in [7, 11) is 0. The predicted molar refractivity (Wildman–Crippen MR) is 72.0 cm³/mol. The van der Waals surface area contributed by atoms with E-state index in [1.54, 1.807) is 6.07 Å². The first kappa shape index (κ1) is 13.5. The lowest BCUT2D eigenvalue weighted by molar-refractivity contribution is -0.125. The smallest absolute Gasteiger partial charge is 0.337 e. The van der Waals surface area contributed by atoms with Crippen molar-refractivity contribution in [3.05, 3.63) is 26.6 Å². The molecule has 0 radical (unpaired) electrons. The molecule has 1 fully saturated rings. The van der Waals surface area contributed by atoms with Crippen molar-refractivity contribution in [2.45, 2.75) is 0 Å². The highest BCUT2D eigenvalue weighted by Gasteiger charge is 2.27. The second kappa shape index (κ2) is 5.38. The highest BCUT2D eigenvalue weighted by Crippen LogP contribution is 2.34. The van der Waals surface area contributed by atoms with E-state index in [0.717, 1.165) is 0 Å². The summed E-state index contributed by atoms with van der Waals surface area (Å²) in [6, 6.07) is 3.19. The van der Waals surface area contributed by atoms with Gasteiger partial charge in [-0.3, -0.25) is 4.79 Å². The van der Waals surface area contributed by atoms with E-state index in [2.05, 4.69) is 31.9 Å². The monoisotopic (exact) mass is 377 g/mol. The summed E-state index contributed by atoms with van der Waals surface area (Å²) in [5, 5.41) is 9.22. The van der Waals surface area contributed by atoms with Crippen molar-refractivity contribution in [3.63, 3.8) is 0 Å². The molecule has 0 atom stereocenters. The third kappa shape index (κ3) is 2.57. The molecule has 18 heavy (non-hydrogen) atoms. The Balaban J connectivity index is 2.54. The summed E-state index contributed by atoms with van der Waals surface area (Å²) < 4.78 is 6.23. The molecule has 1 heterocycles. The number of carbonyl (C=O) groups excluding carboxylic acids is 1. The number of carboxylic acid groups (broad SMARTS) is 1. The molecule has 0 spiro atoms. The van der Waals surface area contributed by atoms with Crippen LogP contribution in [0, 0.1) is 0 Å². The van der Waals surface area contributed by atoms with Crippen LogP contribution in [-0.2, 0) is 9.53 Å². The summed E-state index contributed by atoms with van der Waals surface area (Å²) in [4.78, 5) is 24.5. The molecule has 1 aromatic rings. The first-order valence-corrected chi connectivity index (χ1v) is 6.69. The van der Waals surface area contributed by atoms with E-state index in [9.17, 15) is 14.7 Å². The van der Waals surface area contributed by atoms with Crippen molar-refractivity contribution >= 4 is 49.4 Å². The molecule has 0 unspecified atom stereocenters. The third-order valence-electron chi connectivity index (χ3n) is 2.51. The van der Waals surface area contributed by atoms with Gasteiger partial charge in [0.25, 0.3) is 5.91 Å². The van der Waals surface area contributed by atoms with Crippen LogP contribution in [0.5, 0.6) is 0 Å². The fraction of sp³-hybridized carbons (Fsp3) is 0.273. The van der Waals surface area contributed by atoms with E-state index >= 15 is 0 Å². The maximum atomic E-state index is 11.8. The van der Waals surface area contributed by atoms with Crippen LogP contribution >= 0.6 is 31.9 Å². The van der Waals surface area contributed by atoms with E-state index in [1.165, 1.54) is 11.0 Å². The van der Waals surface area contributed by atoms with Crippen molar-refractivity contribution < 1.29 is 19.4 Å². The highest BCUT2D eigenvalue weighted by molar-refractivity contribution is 9.11. The number of carbonyl (C=O) groups is 2. The van der Waals surface area contributed by atoms with E-state index < -0.39 is 5.97 Å². The van der Waals surface area contributed by atoms with E-state index in [1.807, 2.05) is 0 Å². The first-order chi connectivity index (χ1) is 8.50. The number of amides is 1. The van der Waals surface area contributed by atoms with Gasteiger partial charge in [0.2, 0.25) is 0 Å². The Bertz CT molecular complexity index is 518. The quantitative estimate of drug-likeness (QED) is 0.857. The van der Waals surface area contributed by atoms with Crippen LogP contribution in [0.15, 0.2) is 21.1 Å². The van der Waals surface area contributed by atoms with Gasteiger partial charge in [-0.15, -0.1) is 0 Å². The first-order valence-electron chi connectivity index (χ1n) is 5.11.